The topological polar surface area (TPSA) is 111 Å². The van der Waals surface area contributed by atoms with Gasteiger partial charge in [-0.25, -0.2) is 4.79 Å². The Balaban J connectivity index is 1.68. The number of amides is 2. The fourth-order valence-corrected chi connectivity index (χ4v) is 2.18. The highest BCUT2D eigenvalue weighted by atomic mass is 16.5. The molecule has 0 fully saturated rings. The second kappa shape index (κ2) is 10.5. The second-order valence-corrected chi connectivity index (χ2v) is 5.69. The number of anilines is 2. The summed E-state index contributed by atoms with van der Waals surface area (Å²) in [6.45, 7) is -0.474. The van der Waals surface area contributed by atoms with Gasteiger partial charge in [0, 0.05) is 17.8 Å². The van der Waals surface area contributed by atoms with E-state index in [1.165, 1.54) is 31.4 Å². The van der Waals surface area contributed by atoms with Gasteiger partial charge in [-0.1, -0.05) is 18.2 Å². The van der Waals surface area contributed by atoms with Crippen molar-refractivity contribution < 1.29 is 28.7 Å². The summed E-state index contributed by atoms with van der Waals surface area (Å²) < 4.78 is 9.43. The van der Waals surface area contributed by atoms with Gasteiger partial charge in [-0.15, -0.1) is 0 Å². The van der Waals surface area contributed by atoms with E-state index in [0.717, 1.165) is 0 Å². The zero-order chi connectivity index (χ0) is 20.4. The fourth-order valence-electron chi connectivity index (χ4n) is 2.18. The lowest BCUT2D eigenvalue weighted by molar-refractivity contribution is -0.147. The minimum absolute atomic E-state index is 0.0513. The first-order valence-electron chi connectivity index (χ1n) is 8.46. The van der Waals surface area contributed by atoms with E-state index in [1.54, 1.807) is 24.3 Å². The maximum Gasteiger partial charge on any atom is 0.337 e. The van der Waals surface area contributed by atoms with Crippen LogP contribution in [0.3, 0.4) is 0 Å². The highest BCUT2D eigenvalue weighted by Crippen LogP contribution is 2.10. The molecule has 0 bridgehead atoms. The van der Waals surface area contributed by atoms with Gasteiger partial charge in [-0.2, -0.15) is 0 Å². The standard InChI is InChI=1S/C20H20N2O6/c1-27-20(26)14-7-9-16(10-8-14)22-18(24)13-28-19(25)12-11-17(23)21-15-5-3-2-4-6-15/h2-10H,11-13H2,1H3,(H,21,23)(H,22,24). The van der Waals surface area contributed by atoms with Crippen LogP contribution in [0.4, 0.5) is 11.4 Å². The van der Waals surface area contributed by atoms with Gasteiger partial charge in [-0.05, 0) is 36.4 Å². The average Bonchev–Trinajstić information content (AvgIpc) is 2.71. The molecule has 8 heteroatoms. The van der Waals surface area contributed by atoms with Crippen LogP contribution >= 0.6 is 0 Å². The van der Waals surface area contributed by atoms with Crippen LogP contribution in [0, 0.1) is 0 Å². The van der Waals surface area contributed by atoms with Gasteiger partial charge >= 0.3 is 11.9 Å². The number of nitrogens with one attached hydrogen (secondary N) is 2. The summed E-state index contributed by atoms with van der Waals surface area (Å²) in [6, 6.07) is 14.9. The van der Waals surface area contributed by atoms with Gasteiger partial charge in [0.05, 0.1) is 19.1 Å². The van der Waals surface area contributed by atoms with Crippen molar-refractivity contribution in [3.63, 3.8) is 0 Å². The molecule has 2 aromatic carbocycles. The Kier molecular flexibility index (Phi) is 7.71. The normalized spacial score (nSPS) is 9.89. The van der Waals surface area contributed by atoms with E-state index in [0.29, 0.717) is 16.9 Å². The van der Waals surface area contributed by atoms with Gasteiger partial charge in [0.2, 0.25) is 5.91 Å². The molecule has 0 aliphatic carbocycles. The molecule has 0 saturated heterocycles. The van der Waals surface area contributed by atoms with Crippen molar-refractivity contribution in [3.05, 3.63) is 60.2 Å². The van der Waals surface area contributed by atoms with Crippen LogP contribution < -0.4 is 10.6 Å². The Bertz CT molecular complexity index is 834. The number of benzene rings is 2. The van der Waals surface area contributed by atoms with Gasteiger partial charge in [0.15, 0.2) is 6.61 Å². The van der Waals surface area contributed by atoms with Crippen LogP contribution in [0.2, 0.25) is 0 Å². The molecule has 0 aliphatic rings. The van der Waals surface area contributed by atoms with Crippen molar-refractivity contribution in [1.29, 1.82) is 0 Å². The van der Waals surface area contributed by atoms with Crippen LogP contribution in [0.1, 0.15) is 23.2 Å². The highest BCUT2D eigenvalue weighted by molar-refractivity contribution is 5.95. The molecule has 28 heavy (non-hydrogen) atoms. The first kappa shape index (κ1) is 20.6. The molecule has 8 nitrogen and oxygen atoms in total. The number of methoxy groups -OCH3 is 1. The van der Waals surface area contributed by atoms with E-state index < -0.39 is 24.5 Å². The molecule has 146 valence electrons. The predicted molar refractivity (Wildman–Crippen MR) is 102 cm³/mol. The number of hydrogen-bond acceptors (Lipinski definition) is 6. The third-order valence-electron chi connectivity index (χ3n) is 3.57. The molecule has 0 aliphatic heterocycles. The van der Waals surface area contributed by atoms with Crippen LogP contribution in [-0.2, 0) is 23.9 Å². The predicted octanol–water partition coefficient (Wildman–Crippen LogP) is 2.37. The number of hydrogen-bond donors (Lipinski definition) is 2. The summed E-state index contributed by atoms with van der Waals surface area (Å²) in [7, 11) is 1.28. The first-order chi connectivity index (χ1) is 13.5. The molecular weight excluding hydrogens is 364 g/mol. The van der Waals surface area contributed by atoms with Crippen molar-refractivity contribution in [2.24, 2.45) is 0 Å². The lowest BCUT2D eigenvalue weighted by Gasteiger charge is -2.08. The average molecular weight is 384 g/mol. The molecule has 0 saturated carbocycles. The number of para-hydroxylation sites is 1. The highest BCUT2D eigenvalue weighted by Gasteiger charge is 2.11. The Hall–Kier alpha value is -3.68. The maximum atomic E-state index is 11.8. The summed E-state index contributed by atoms with van der Waals surface area (Å²) in [5.74, 6) is -1.99. The van der Waals surface area contributed by atoms with Gasteiger partial charge in [0.1, 0.15) is 0 Å². The third-order valence-corrected chi connectivity index (χ3v) is 3.57. The summed E-state index contributed by atoms with van der Waals surface area (Å²) in [4.78, 5) is 46.6. The molecule has 0 unspecified atom stereocenters. The quantitative estimate of drug-likeness (QED) is 0.676. The Morgan fingerprint density at radius 3 is 2.04 bits per heavy atom. The van der Waals surface area contributed by atoms with E-state index >= 15 is 0 Å². The summed E-state index contributed by atoms with van der Waals surface area (Å²) >= 11 is 0. The molecular formula is C20H20N2O6. The van der Waals surface area contributed by atoms with Gasteiger partial charge < -0.3 is 20.1 Å². The van der Waals surface area contributed by atoms with E-state index in [2.05, 4.69) is 15.4 Å². The fraction of sp³-hybridized carbons (Fsp3) is 0.200. The zero-order valence-corrected chi connectivity index (χ0v) is 15.3. The van der Waals surface area contributed by atoms with Crippen molar-refractivity contribution in [3.8, 4) is 0 Å². The number of ether oxygens (including phenoxy) is 2. The number of carbonyl (C=O) groups is 4. The molecule has 0 radical (unpaired) electrons. The zero-order valence-electron chi connectivity index (χ0n) is 15.3. The maximum absolute atomic E-state index is 11.8. The molecule has 2 aromatic rings. The molecule has 2 rings (SSSR count). The van der Waals surface area contributed by atoms with E-state index in [-0.39, 0.29) is 18.7 Å². The van der Waals surface area contributed by atoms with E-state index in [1.807, 2.05) is 6.07 Å². The van der Waals surface area contributed by atoms with Crippen molar-refractivity contribution in [2.45, 2.75) is 12.8 Å². The SMILES string of the molecule is COC(=O)c1ccc(NC(=O)COC(=O)CCC(=O)Nc2ccccc2)cc1. The third kappa shape index (κ3) is 6.91. The number of carbonyl (C=O) groups excluding carboxylic acids is 4. The first-order valence-corrected chi connectivity index (χ1v) is 8.46. The Morgan fingerprint density at radius 2 is 1.39 bits per heavy atom. The second-order valence-electron chi connectivity index (χ2n) is 5.69. The minimum Gasteiger partial charge on any atom is -0.465 e. The molecule has 2 amide bonds. The van der Waals surface area contributed by atoms with Crippen molar-refractivity contribution >= 4 is 35.1 Å². The Morgan fingerprint density at radius 1 is 0.786 bits per heavy atom. The smallest absolute Gasteiger partial charge is 0.337 e. The largest absolute Gasteiger partial charge is 0.465 e. The summed E-state index contributed by atoms with van der Waals surface area (Å²) in [6.07, 6.45) is -0.190. The van der Waals surface area contributed by atoms with Crippen LogP contribution in [0.5, 0.6) is 0 Å². The van der Waals surface area contributed by atoms with Crippen LogP contribution in [-0.4, -0.2) is 37.5 Å². The van der Waals surface area contributed by atoms with Crippen molar-refractivity contribution in [2.75, 3.05) is 24.4 Å². The van der Waals surface area contributed by atoms with Crippen molar-refractivity contribution in [1.82, 2.24) is 0 Å². The van der Waals surface area contributed by atoms with Crippen LogP contribution in [0.25, 0.3) is 0 Å². The van der Waals surface area contributed by atoms with E-state index in [4.69, 9.17) is 4.74 Å². The Labute approximate surface area is 161 Å². The van der Waals surface area contributed by atoms with Gasteiger partial charge in [-0.3, -0.25) is 14.4 Å². The molecule has 2 N–H and O–H groups in total. The number of esters is 2. The van der Waals surface area contributed by atoms with Crippen LogP contribution in [0.15, 0.2) is 54.6 Å². The summed E-state index contributed by atoms with van der Waals surface area (Å²) in [5, 5.41) is 5.18. The lowest BCUT2D eigenvalue weighted by Crippen LogP contribution is -2.21. The van der Waals surface area contributed by atoms with Gasteiger partial charge in [0.25, 0.3) is 5.91 Å². The lowest BCUT2D eigenvalue weighted by atomic mass is 10.2. The molecule has 0 heterocycles. The monoisotopic (exact) mass is 384 g/mol. The molecule has 0 spiro atoms. The molecule has 0 aromatic heterocycles. The summed E-state index contributed by atoms with van der Waals surface area (Å²) in [5.41, 5.74) is 1.43. The number of rotatable bonds is 8. The minimum atomic E-state index is -0.653. The van der Waals surface area contributed by atoms with E-state index in [9.17, 15) is 19.2 Å². The molecule has 0 atom stereocenters.